The Balaban J connectivity index is 2.05. The van der Waals surface area contributed by atoms with E-state index in [0.29, 0.717) is 12.7 Å². The smallest absolute Gasteiger partial charge is 0.361 e. The van der Waals surface area contributed by atoms with Crippen LogP contribution in [0.25, 0.3) is 0 Å². The van der Waals surface area contributed by atoms with Crippen molar-refractivity contribution in [3.05, 3.63) is 23.8 Å². The number of fused-ring (bicyclic) bond motifs is 1. The normalized spacial score (nSPS) is 20.7. The van der Waals surface area contributed by atoms with Crippen LogP contribution in [0.3, 0.4) is 0 Å². The maximum absolute atomic E-state index is 12.2. The standard InChI is InChI=1S/C15H19NO7/c1-15(2,3)14(20)22-8-21-13(19)12-9(6-7-17)23-11-5-4-10(18)16(11)12/h6-7,11,17H,4-5,8H2,1-3H3. The molecule has 2 heterocycles. The number of hydrogen-bond donors (Lipinski definition) is 1. The number of aliphatic hydroxyl groups is 1. The number of hydrogen-bond acceptors (Lipinski definition) is 7. The molecule has 1 atom stereocenters. The molecule has 2 rings (SSSR count). The van der Waals surface area contributed by atoms with Crippen molar-refractivity contribution in [2.24, 2.45) is 5.41 Å². The summed E-state index contributed by atoms with van der Waals surface area (Å²) in [6.45, 7) is 4.44. The molecule has 126 valence electrons. The van der Waals surface area contributed by atoms with Crippen molar-refractivity contribution < 1.29 is 33.7 Å². The molecule has 0 bridgehead atoms. The second kappa shape index (κ2) is 6.31. The van der Waals surface area contributed by atoms with E-state index in [1.165, 1.54) is 4.90 Å². The summed E-state index contributed by atoms with van der Waals surface area (Å²) >= 11 is 0. The van der Waals surface area contributed by atoms with E-state index in [1.807, 2.05) is 0 Å². The van der Waals surface area contributed by atoms with Crippen molar-refractivity contribution in [3.8, 4) is 0 Å². The van der Waals surface area contributed by atoms with Crippen LogP contribution in [0.15, 0.2) is 23.8 Å². The van der Waals surface area contributed by atoms with Gasteiger partial charge in [0.1, 0.15) is 0 Å². The highest BCUT2D eigenvalue weighted by Crippen LogP contribution is 2.35. The Hall–Kier alpha value is -2.51. The van der Waals surface area contributed by atoms with Crippen LogP contribution in [-0.4, -0.2) is 40.9 Å². The summed E-state index contributed by atoms with van der Waals surface area (Å²) < 4.78 is 15.2. The van der Waals surface area contributed by atoms with Crippen molar-refractivity contribution in [2.45, 2.75) is 39.8 Å². The molecule has 0 saturated carbocycles. The second-order valence-corrected chi connectivity index (χ2v) is 6.13. The van der Waals surface area contributed by atoms with Crippen LogP contribution in [0.5, 0.6) is 0 Å². The van der Waals surface area contributed by atoms with E-state index in [1.54, 1.807) is 20.8 Å². The third-order valence-electron chi connectivity index (χ3n) is 3.31. The SMILES string of the molecule is CC(C)(C)C(=O)OCOC(=O)C1=C(C=CO)OC2CCC(=O)N12. The summed E-state index contributed by atoms with van der Waals surface area (Å²) in [7, 11) is 0. The van der Waals surface area contributed by atoms with Crippen LogP contribution in [0.2, 0.25) is 0 Å². The fourth-order valence-electron chi connectivity index (χ4n) is 2.16. The molecule has 2 aliphatic rings. The van der Waals surface area contributed by atoms with Gasteiger partial charge in [-0.1, -0.05) is 0 Å². The quantitative estimate of drug-likeness (QED) is 0.472. The molecule has 8 heteroatoms. The minimum atomic E-state index is -0.863. The number of carbonyl (C=O) groups excluding carboxylic acids is 3. The van der Waals surface area contributed by atoms with Crippen LogP contribution in [0, 0.1) is 5.41 Å². The number of carbonyl (C=O) groups is 3. The summed E-state index contributed by atoms with van der Waals surface area (Å²) in [5.41, 5.74) is -0.822. The fraction of sp³-hybridized carbons (Fsp3) is 0.533. The lowest BCUT2D eigenvalue weighted by Crippen LogP contribution is -2.33. The van der Waals surface area contributed by atoms with Crippen molar-refractivity contribution in [3.63, 3.8) is 0 Å². The monoisotopic (exact) mass is 325 g/mol. The molecule has 1 unspecified atom stereocenters. The first-order valence-electron chi connectivity index (χ1n) is 7.14. The molecule has 1 saturated heterocycles. The number of nitrogens with zero attached hydrogens (tertiary/aromatic N) is 1. The number of rotatable bonds is 4. The van der Waals surface area contributed by atoms with Gasteiger partial charge in [-0.25, -0.2) is 4.79 Å². The van der Waals surface area contributed by atoms with E-state index in [4.69, 9.17) is 19.3 Å². The van der Waals surface area contributed by atoms with Gasteiger partial charge >= 0.3 is 11.9 Å². The van der Waals surface area contributed by atoms with E-state index < -0.39 is 30.4 Å². The number of ether oxygens (including phenoxy) is 3. The highest BCUT2D eigenvalue weighted by atomic mass is 16.7. The molecule has 0 aromatic heterocycles. The second-order valence-electron chi connectivity index (χ2n) is 6.13. The molecular weight excluding hydrogens is 306 g/mol. The summed E-state index contributed by atoms with van der Waals surface area (Å²) in [4.78, 5) is 36.9. The van der Waals surface area contributed by atoms with Gasteiger partial charge in [-0.15, -0.1) is 0 Å². The lowest BCUT2D eigenvalue weighted by Gasteiger charge is -2.18. The van der Waals surface area contributed by atoms with Crippen molar-refractivity contribution in [2.75, 3.05) is 6.79 Å². The third-order valence-corrected chi connectivity index (χ3v) is 3.31. The minimum Gasteiger partial charge on any atom is -0.515 e. The lowest BCUT2D eigenvalue weighted by molar-refractivity contribution is -0.172. The average molecular weight is 325 g/mol. The average Bonchev–Trinajstić information content (AvgIpc) is 2.98. The minimum absolute atomic E-state index is 0.0395. The molecule has 1 N–H and O–H groups in total. The van der Waals surface area contributed by atoms with Gasteiger partial charge in [0.2, 0.25) is 12.7 Å². The first-order chi connectivity index (χ1) is 10.8. The summed E-state index contributed by atoms with van der Waals surface area (Å²) in [6, 6.07) is 0. The van der Waals surface area contributed by atoms with E-state index in [9.17, 15) is 14.4 Å². The molecule has 2 aliphatic heterocycles. The van der Waals surface area contributed by atoms with Gasteiger partial charge < -0.3 is 19.3 Å². The lowest BCUT2D eigenvalue weighted by atomic mass is 9.98. The fourth-order valence-corrected chi connectivity index (χ4v) is 2.16. The van der Waals surface area contributed by atoms with Crippen molar-refractivity contribution in [1.82, 2.24) is 4.90 Å². The van der Waals surface area contributed by atoms with Gasteiger partial charge in [-0.2, -0.15) is 0 Å². The predicted octanol–water partition coefficient (Wildman–Crippen LogP) is 1.34. The Bertz CT molecular complexity index is 585. The Morgan fingerprint density at radius 1 is 1.39 bits per heavy atom. The number of esters is 2. The maximum Gasteiger partial charge on any atom is 0.361 e. The first-order valence-corrected chi connectivity index (χ1v) is 7.14. The zero-order valence-electron chi connectivity index (χ0n) is 13.2. The van der Waals surface area contributed by atoms with E-state index >= 15 is 0 Å². The molecular formula is C15H19NO7. The zero-order valence-corrected chi connectivity index (χ0v) is 13.2. The van der Waals surface area contributed by atoms with E-state index in [2.05, 4.69) is 0 Å². The Labute approximate surface area is 133 Å². The van der Waals surface area contributed by atoms with Gasteiger partial charge in [-0.3, -0.25) is 14.5 Å². The number of amides is 1. The summed E-state index contributed by atoms with van der Waals surface area (Å²) in [6.07, 6.45) is 1.99. The summed E-state index contributed by atoms with van der Waals surface area (Å²) in [5.74, 6) is -1.61. The van der Waals surface area contributed by atoms with Crippen molar-refractivity contribution in [1.29, 1.82) is 0 Å². The Kier molecular flexibility index (Phi) is 4.63. The van der Waals surface area contributed by atoms with Gasteiger partial charge in [0.05, 0.1) is 11.7 Å². The molecule has 8 nitrogen and oxygen atoms in total. The molecule has 23 heavy (non-hydrogen) atoms. The molecule has 1 amide bonds. The molecule has 0 aromatic carbocycles. The number of aliphatic hydroxyl groups excluding tert-OH is 1. The van der Waals surface area contributed by atoms with Crippen LogP contribution in [0.1, 0.15) is 33.6 Å². The van der Waals surface area contributed by atoms with Crippen LogP contribution in [0.4, 0.5) is 0 Å². The van der Waals surface area contributed by atoms with Crippen LogP contribution < -0.4 is 0 Å². The van der Waals surface area contributed by atoms with Crippen LogP contribution in [-0.2, 0) is 28.6 Å². The molecule has 0 spiro atoms. The molecule has 0 aliphatic carbocycles. The number of allylic oxidation sites excluding steroid dienone is 1. The van der Waals surface area contributed by atoms with Gasteiger partial charge in [0.15, 0.2) is 17.7 Å². The first kappa shape index (κ1) is 16.9. The topological polar surface area (TPSA) is 102 Å². The predicted molar refractivity (Wildman–Crippen MR) is 76.3 cm³/mol. The van der Waals surface area contributed by atoms with Gasteiger partial charge in [0, 0.05) is 18.9 Å². The van der Waals surface area contributed by atoms with Crippen molar-refractivity contribution >= 4 is 17.8 Å². The van der Waals surface area contributed by atoms with E-state index in [0.717, 1.165) is 6.08 Å². The molecule has 0 radical (unpaired) electrons. The summed E-state index contributed by atoms with van der Waals surface area (Å²) in [5, 5.41) is 8.87. The molecule has 0 aromatic rings. The highest BCUT2D eigenvalue weighted by Gasteiger charge is 2.45. The maximum atomic E-state index is 12.2. The van der Waals surface area contributed by atoms with Gasteiger partial charge in [-0.05, 0) is 20.8 Å². The Morgan fingerprint density at radius 2 is 2.09 bits per heavy atom. The van der Waals surface area contributed by atoms with Crippen LogP contribution >= 0.6 is 0 Å². The highest BCUT2D eigenvalue weighted by molar-refractivity contribution is 5.96. The van der Waals surface area contributed by atoms with E-state index in [-0.39, 0.29) is 23.8 Å². The van der Waals surface area contributed by atoms with Gasteiger partial charge in [0.25, 0.3) is 0 Å². The molecule has 1 fully saturated rings. The zero-order chi connectivity index (χ0) is 17.2. The Morgan fingerprint density at radius 3 is 2.70 bits per heavy atom. The third kappa shape index (κ3) is 3.46. The largest absolute Gasteiger partial charge is 0.515 e.